The molecule has 0 spiro atoms. The predicted molar refractivity (Wildman–Crippen MR) is 122 cm³/mol. The summed E-state index contributed by atoms with van der Waals surface area (Å²) in [7, 11) is 0. The van der Waals surface area contributed by atoms with Crippen LogP contribution in [0.1, 0.15) is 12.0 Å². The number of piperazine rings is 2. The number of alkyl halides is 3. The van der Waals surface area contributed by atoms with E-state index in [-0.39, 0.29) is 11.6 Å². The van der Waals surface area contributed by atoms with Gasteiger partial charge in [0.2, 0.25) is 11.9 Å². The first kappa shape index (κ1) is 24.6. The Hall–Kier alpha value is -3.48. The smallest absolute Gasteiger partial charge is 0.363 e. The number of anilines is 2. The van der Waals surface area contributed by atoms with Crippen molar-refractivity contribution in [3.8, 4) is 0 Å². The van der Waals surface area contributed by atoms with Crippen molar-refractivity contribution in [1.82, 2.24) is 19.8 Å². The lowest BCUT2D eigenvalue weighted by Crippen LogP contribution is -2.50. The van der Waals surface area contributed by atoms with Crippen molar-refractivity contribution in [2.45, 2.75) is 12.6 Å². The van der Waals surface area contributed by atoms with Crippen LogP contribution in [0, 0.1) is 10.1 Å². The van der Waals surface area contributed by atoms with Gasteiger partial charge in [0.25, 0.3) is 5.69 Å². The minimum atomic E-state index is -4.64. The molecule has 2 aliphatic rings. The van der Waals surface area contributed by atoms with Crippen LogP contribution in [0.4, 0.5) is 30.5 Å². The summed E-state index contributed by atoms with van der Waals surface area (Å²) in [6, 6.07) is 4.38. The normalized spacial score (nSPS) is 17.5. The van der Waals surface area contributed by atoms with Gasteiger partial charge in [0.15, 0.2) is 0 Å². The number of hydrogen-bond donors (Lipinski definition) is 0. The van der Waals surface area contributed by atoms with E-state index in [0.717, 1.165) is 6.07 Å². The van der Waals surface area contributed by atoms with Gasteiger partial charge in [0, 0.05) is 83.8 Å². The van der Waals surface area contributed by atoms with Gasteiger partial charge in [-0.25, -0.2) is 9.97 Å². The van der Waals surface area contributed by atoms with Crippen LogP contribution in [-0.4, -0.2) is 89.5 Å². The lowest BCUT2D eigenvalue weighted by atomic mass is 10.1. The molecule has 13 heteroatoms. The Morgan fingerprint density at radius 2 is 1.60 bits per heavy atom. The van der Waals surface area contributed by atoms with Crippen LogP contribution in [0.5, 0.6) is 0 Å². The van der Waals surface area contributed by atoms with E-state index in [1.165, 1.54) is 6.07 Å². The van der Waals surface area contributed by atoms with Crippen molar-refractivity contribution in [3.05, 3.63) is 52.3 Å². The molecule has 3 heterocycles. The monoisotopic (exact) mass is 493 g/mol. The fraction of sp³-hybridized carbons (Fsp3) is 0.500. The molecule has 0 aliphatic carbocycles. The highest BCUT2D eigenvalue weighted by atomic mass is 19.4. The fourth-order valence-electron chi connectivity index (χ4n) is 4.35. The van der Waals surface area contributed by atoms with Gasteiger partial charge in [-0.15, -0.1) is 0 Å². The van der Waals surface area contributed by atoms with Crippen molar-refractivity contribution in [2.24, 2.45) is 0 Å². The second-order valence-corrected chi connectivity index (χ2v) is 8.45. The third kappa shape index (κ3) is 5.96. The summed E-state index contributed by atoms with van der Waals surface area (Å²) in [4.78, 5) is 39.5. The summed E-state index contributed by atoms with van der Waals surface area (Å²) in [5.74, 6) is 0.727. The van der Waals surface area contributed by atoms with Crippen molar-refractivity contribution in [2.75, 3.05) is 68.7 Å². The minimum absolute atomic E-state index is 0.0689. The zero-order chi connectivity index (χ0) is 25.0. The molecule has 2 saturated heterocycles. The maximum Gasteiger partial charge on any atom is 0.416 e. The van der Waals surface area contributed by atoms with Gasteiger partial charge in [0.05, 0.1) is 10.5 Å². The van der Waals surface area contributed by atoms with Gasteiger partial charge in [-0.05, 0) is 18.2 Å². The standard InChI is InChI=1S/C22H26F3N7O3/c23-22(24,25)17-2-3-18(19(16-17)32(34)35)29-10-8-28(9-11-29)7-4-20(33)30-12-14-31(15-13-30)21-26-5-1-6-27-21/h1-3,5-6,16H,4,7-15H2. The third-order valence-electron chi connectivity index (χ3n) is 6.32. The Morgan fingerprint density at radius 1 is 0.971 bits per heavy atom. The molecule has 0 bridgehead atoms. The molecule has 188 valence electrons. The highest BCUT2D eigenvalue weighted by molar-refractivity contribution is 5.76. The molecule has 0 atom stereocenters. The largest absolute Gasteiger partial charge is 0.416 e. The average Bonchev–Trinajstić information content (AvgIpc) is 2.87. The van der Waals surface area contributed by atoms with E-state index in [2.05, 4.69) is 14.9 Å². The summed E-state index contributed by atoms with van der Waals surface area (Å²) < 4.78 is 38.9. The molecule has 4 rings (SSSR count). The second kappa shape index (κ2) is 10.4. The first-order valence-corrected chi connectivity index (χ1v) is 11.3. The van der Waals surface area contributed by atoms with E-state index < -0.39 is 22.4 Å². The van der Waals surface area contributed by atoms with Crippen LogP contribution >= 0.6 is 0 Å². The molecule has 0 N–H and O–H groups in total. The molecule has 35 heavy (non-hydrogen) atoms. The average molecular weight is 493 g/mol. The minimum Gasteiger partial charge on any atom is -0.363 e. The predicted octanol–water partition coefficient (Wildman–Crippen LogP) is 2.26. The number of rotatable bonds is 6. The van der Waals surface area contributed by atoms with Crippen LogP contribution in [0.25, 0.3) is 0 Å². The fourth-order valence-corrected chi connectivity index (χ4v) is 4.35. The zero-order valence-electron chi connectivity index (χ0n) is 19.0. The number of nitro benzene ring substituents is 1. The Kier molecular flexibility index (Phi) is 7.34. The summed E-state index contributed by atoms with van der Waals surface area (Å²) in [5, 5.41) is 11.4. The van der Waals surface area contributed by atoms with Crippen LogP contribution in [0.2, 0.25) is 0 Å². The van der Waals surface area contributed by atoms with Gasteiger partial charge >= 0.3 is 6.18 Å². The summed E-state index contributed by atoms with van der Waals surface area (Å²) in [6.45, 7) is 5.07. The van der Waals surface area contributed by atoms with Crippen LogP contribution < -0.4 is 9.80 Å². The summed E-state index contributed by atoms with van der Waals surface area (Å²) in [5.41, 5.74) is -1.41. The summed E-state index contributed by atoms with van der Waals surface area (Å²) >= 11 is 0. The molecule has 2 fully saturated rings. The number of nitrogens with zero attached hydrogens (tertiary/aromatic N) is 7. The zero-order valence-corrected chi connectivity index (χ0v) is 19.0. The third-order valence-corrected chi connectivity index (χ3v) is 6.32. The van der Waals surface area contributed by atoms with E-state index in [1.54, 1.807) is 23.4 Å². The molecule has 2 aliphatic heterocycles. The van der Waals surface area contributed by atoms with E-state index in [4.69, 9.17) is 0 Å². The highest BCUT2D eigenvalue weighted by Gasteiger charge is 2.34. The summed E-state index contributed by atoms with van der Waals surface area (Å²) in [6.07, 6.45) is -0.899. The Bertz CT molecular complexity index is 1040. The van der Waals surface area contributed by atoms with Gasteiger partial charge in [-0.2, -0.15) is 13.2 Å². The van der Waals surface area contributed by atoms with Crippen molar-refractivity contribution >= 4 is 23.2 Å². The number of carbonyl (C=O) groups excluding carboxylic acids is 1. The first-order chi connectivity index (χ1) is 16.7. The first-order valence-electron chi connectivity index (χ1n) is 11.3. The van der Waals surface area contributed by atoms with Crippen molar-refractivity contribution < 1.29 is 22.9 Å². The topological polar surface area (TPSA) is 98.9 Å². The molecule has 1 amide bonds. The van der Waals surface area contributed by atoms with Crippen molar-refractivity contribution in [1.29, 1.82) is 0 Å². The molecule has 0 unspecified atom stereocenters. The van der Waals surface area contributed by atoms with E-state index in [9.17, 15) is 28.1 Å². The maximum atomic E-state index is 13.0. The Morgan fingerprint density at radius 3 is 2.20 bits per heavy atom. The number of nitro groups is 1. The number of aromatic nitrogens is 2. The molecule has 1 aromatic heterocycles. The van der Waals surface area contributed by atoms with Crippen LogP contribution in [-0.2, 0) is 11.0 Å². The molecule has 1 aromatic carbocycles. The lowest BCUT2D eigenvalue weighted by molar-refractivity contribution is -0.384. The molecular weight excluding hydrogens is 467 g/mol. The number of hydrogen-bond acceptors (Lipinski definition) is 8. The maximum absolute atomic E-state index is 13.0. The van der Waals surface area contributed by atoms with Gasteiger partial charge < -0.3 is 14.7 Å². The SMILES string of the molecule is O=C(CCN1CCN(c2ccc(C(F)(F)F)cc2[N+](=O)[O-])CC1)N1CCN(c2ncccn2)CC1. The van der Waals surface area contributed by atoms with E-state index in [0.29, 0.717) is 77.3 Å². The number of halogens is 3. The number of benzene rings is 1. The molecule has 2 aromatic rings. The van der Waals surface area contributed by atoms with Gasteiger partial charge in [-0.1, -0.05) is 0 Å². The Labute approximate surface area is 200 Å². The molecule has 0 saturated carbocycles. The van der Waals surface area contributed by atoms with E-state index in [1.807, 2.05) is 9.80 Å². The highest BCUT2D eigenvalue weighted by Crippen LogP contribution is 2.36. The molecule has 0 radical (unpaired) electrons. The molecular formula is C22H26F3N7O3. The number of amides is 1. The van der Waals surface area contributed by atoms with Crippen LogP contribution in [0.15, 0.2) is 36.7 Å². The van der Waals surface area contributed by atoms with Gasteiger partial charge in [-0.3, -0.25) is 19.8 Å². The van der Waals surface area contributed by atoms with Crippen molar-refractivity contribution in [3.63, 3.8) is 0 Å². The second-order valence-electron chi connectivity index (χ2n) is 8.45. The quantitative estimate of drug-likeness (QED) is 0.447. The number of carbonyl (C=O) groups is 1. The van der Waals surface area contributed by atoms with Gasteiger partial charge in [0.1, 0.15) is 5.69 Å². The van der Waals surface area contributed by atoms with Crippen LogP contribution in [0.3, 0.4) is 0 Å². The Balaban J connectivity index is 1.25. The molecule has 10 nitrogen and oxygen atoms in total. The van der Waals surface area contributed by atoms with E-state index >= 15 is 0 Å². The lowest BCUT2D eigenvalue weighted by Gasteiger charge is -2.37.